The lowest BCUT2D eigenvalue weighted by Gasteiger charge is -2.40. The Balaban J connectivity index is 1.27. The number of rotatable bonds is 8. The first kappa shape index (κ1) is 34.0. The number of carbonyl (C=O) groups is 3. The van der Waals surface area contributed by atoms with Crippen molar-refractivity contribution in [3.8, 4) is 16.9 Å². The minimum Gasteiger partial charge on any atom is -0.493 e. The van der Waals surface area contributed by atoms with Gasteiger partial charge < -0.3 is 19.5 Å². The second-order valence-corrected chi connectivity index (χ2v) is 13.8. The Labute approximate surface area is 278 Å². The number of hydrogen-bond acceptors (Lipinski definition) is 5. The van der Waals surface area contributed by atoms with Crippen LogP contribution in [0.2, 0.25) is 0 Å². The number of piperazine rings is 1. The molecule has 0 aliphatic carbocycles. The number of benzene rings is 3. The Morgan fingerprint density at radius 3 is 2.38 bits per heavy atom. The van der Waals surface area contributed by atoms with Crippen LogP contribution in [0.25, 0.3) is 11.1 Å². The number of aryl methyl sites for hydroxylation is 1. The zero-order chi connectivity index (χ0) is 33.8. The van der Waals surface area contributed by atoms with E-state index in [2.05, 4.69) is 38.1 Å². The zero-order valence-corrected chi connectivity index (χ0v) is 28.4. The maximum atomic E-state index is 13.4. The zero-order valence-electron chi connectivity index (χ0n) is 28.4. The van der Waals surface area contributed by atoms with E-state index in [4.69, 9.17) is 9.47 Å². The molecule has 0 spiro atoms. The van der Waals surface area contributed by atoms with E-state index in [1.54, 1.807) is 4.90 Å². The van der Waals surface area contributed by atoms with Crippen molar-refractivity contribution in [2.75, 3.05) is 44.2 Å². The number of quaternary nitrogens is 1. The predicted octanol–water partition coefficient (Wildman–Crippen LogP) is 7.35. The van der Waals surface area contributed by atoms with Crippen molar-refractivity contribution in [1.29, 1.82) is 0 Å². The molecule has 0 radical (unpaired) electrons. The number of nitrogens with zero attached hydrogens (tertiary/aromatic N) is 3. The average Bonchev–Trinajstić information content (AvgIpc) is 3.03. The number of amides is 3. The van der Waals surface area contributed by atoms with Crippen LogP contribution < -0.4 is 9.64 Å². The summed E-state index contributed by atoms with van der Waals surface area (Å²) < 4.78 is 11.4. The van der Waals surface area contributed by atoms with Gasteiger partial charge in [-0.25, -0.2) is 9.28 Å². The molecule has 3 aromatic carbocycles. The second-order valence-electron chi connectivity index (χ2n) is 13.8. The van der Waals surface area contributed by atoms with Gasteiger partial charge in [0, 0.05) is 24.2 Å². The molecule has 1 fully saturated rings. The van der Waals surface area contributed by atoms with Gasteiger partial charge >= 0.3 is 12.2 Å². The van der Waals surface area contributed by atoms with Crippen LogP contribution in [0.1, 0.15) is 62.3 Å². The fourth-order valence-electron chi connectivity index (χ4n) is 6.54. The lowest BCUT2D eigenvalue weighted by atomic mass is 9.91. The van der Waals surface area contributed by atoms with E-state index in [0.717, 1.165) is 52.1 Å². The Hall–Kier alpha value is -4.37. The van der Waals surface area contributed by atoms with Crippen LogP contribution in [-0.4, -0.2) is 77.5 Å². The molecule has 1 saturated heterocycles. The normalized spacial score (nSPS) is 15.9. The van der Waals surface area contributed by atoms with Gasteiger partial charge in [-0.2, -0.15) is 4.79 Å². The molecule has 0 unspecified atom stereocenters. The molecule has 1 N–H and O–H groups in total. The molecule has 3 amide bonds. The van der Waals surface area contributed by atoms with Crippen molar-refractivity contribution in [3.05, 3.63) is 82.9 Å². The number of anilines is 1. The van der Waals surface area contributed by atoms with Crippen LogP contribution in [0.5, 0.6) is 5.75 Å². The Morgan fingerprint density at radius 2 is 1.66 bits per heavy atom. The molecule has 250 valence electrons. The van der Waals surface area contributed by atoms with Crippen molar-refractivity contribution in [3.63, 3.8) is 0 Å². The summed E-state index contributed by atoms with van der Waals surface area (Å²) in [4.78, 5) is 42.2. The van der Waals surface area contributed by atoms with Crippen molar-refractivity contribution < 1.29 is 33.4 Å². The molecule has 0 bridgehead atoms. The number of hydrogen-bond donors (Lipinski definition) is 1. The van der Waals surface area contributed by atoms with E-state index in [1.807, 2.05) is 62.1 Å². The summed E-state index contributed by atoms with van der Waals surface area (Å²) in [5.41, 5.74) is 6.79. The van der Waals surface area contributed by atoms with Gasteiger partial charge in [0.15, 0.2) is 0 Å². The second kappa shape index (κ2) is 14.2. The lowest BCUT2D eigenvalue weighted by molar-refractivity contribution is -0.874. The Kier molecular flexibility index (Phi) is 10.2. The largest absolute Gasteiger partial charge is 0.513 e. The summed E-state index contributed by atoms with van der Waals surface area (Å²) in [6, 6.07) is 20.2. The maximum absolute atomic E-state index is 13.4. The average molecular weight is 643 g/mol. The molecule has 0 atom stereocenters. The third kappa shape index (κ3) is 7.96. The summed E-state index contributed by atoms with van der Waals surface area (Å²) >= 11 is 0. The highest BCUT2D eigenvalue weighted by Gasteiger charge is 2.42. The van der Waals surface area contributed by atoms with Crippen LogP contribution in [0.15, 0.2) is 60.7 Å². The summed E-state index contributed by atoms with van der Waals surface area (Å²) in [6.45, 7) is 12.3. The van der Waals surface area contributed by atoms with Crippen LogP contribution in [0.4, 0.5) is 15.3 Å². The Morgan fingerprint density at radius 1 is 0.936 bits per heavy atom. The Bertz CT molecular complexity index is 1620. The van der Waals surface area contributed by atoms with Crippen molar-refractivity contribution in [2.24, 2.45) is 0 Å². The van der Waals surface area contributed by atoms with Crippen LogP contribution in [0.3, 0.4) is 0 Å². The molecule has 2 heterocycles. The van der Waals surface area contributed by atoms with E-state index < -0.39 is 17.8 Å². The highest BCUT2D eigenvalue weighted by atomic mass is 16.6. The van der Waals surface area contributed by atoms with E-state index in [1.165, 1.54) is 5.56 Å². The molecule has 3 aromatic rings. The van der Waals surface area contributed by atoms with Crippen LogP contribution >= 0.6 is 0 Å². The molecule has 0 aromatic heterocycles. The van der Waals surface area contributed by atoms with E-state index >= 15 is 0 Å². The quantitative estimate of drug-likeness (QED) is 0.204. The predicted molar refractivity (Wildman–Crippen MR) is 183 cm³/mol. The van der Waals surface area contributed by atoms with Crippen LogP contribution in [-0.2, 0) is 22.5 Å². The van der Waals surface area contributed by atoms with E-state index in [9.17, 15) is 19.5 Å². The molecular formula is C38H48N3O6+. The first-order valence-corrected chi connectivity index (χ1v) is 16.6. The fraction of sp³-hybridized carbons (Fsp3) is 0.447. The third-order valence-electron chi connectivity index (χ3n) is 9.28. The van der Waals surface area contributed by atoms with Gasteiger partial charge in [0.2, 0.25) is 5.91 Å². The van der Waals surface area contributed by atoms with Gasteiger partial charge in [0.1, 0.15) is 31.0 Å². The highest BCUT2D eigenvalue weighted by molar-refractivity contribution is 5.96. The van der Waals surface area contributed by atoms with Gasteiger partial charge in [-0.3, -0.25) is 9.69 Å². The van der Waals surface area contributed by atoms with Gasteiger partial charge in [0.25, 0.3) is 0 Å². The smallest absolute Gasteiger partial charge is 0.493 e. The number of carboxylic acid groups (broad SMARTS) is 1. The molecule has 9 heteroatoms. The summed E-state index contributed by atoms with van der Waals surface area (Å²) in [5, 5.41) is 10.3. The number of carbonyl (C=O) groups excluding carboxylic acids is 2. The molecule has 0 saturated carbocycles. The van der Waals surface area contributed by atoms with Gasteiger partial charge in [-0.05, 0) is 99.9 Å². The minimum atomic E-state index is -0.898. The van der Waals surface area contributed by atoms with Gasteiger partial charge in [-0.1, -0.05) is 42.5 Å². The maximum Gasteiger partial charge on any atom is 0.513 e. The van der Waals surface area contributed by atoms with E-state index in [0.29, 0.717) is 58.7 Å². The third-order valence-corrected chi connectivity index (χ3v) is 9.28. The molecule has 9 nitrogen and oxygen atoms in total. The van der Waals surface area contributed by atoms with Crippen molar-refractivity contribution >= 4 is 23.8 Å². The SMILES string of the molecule is Cc1cccc(OCCCC(=O)N2CCCc3c(-c4cccc(C[N+]5(C(=O)O)CCN(C(=O)OC(C)(C)C)CC5)c4)cccc32)c1C. The topological polar surface area (TPSA) is 96.4 Å². The van der Waals surface area contributed by atoms with Gasteiger partial charge in [-0.15, -0.1) is 0 Å². The minimum absolute atomic E-state index is 0.0971. The standard InChI is InChI=1S/C38H47N3O6/c1-27-11-6-17-34(28(27)2)46-24-10-18-35(42)40-19-9-15-32-31(14-8-16-33(32)40)30-13-7-12-29(25-30)26-41(37(44)45)22-20-39(21-23-41)36(43)47-38(3,4)5/h6-8,11-14,16-17,25H,9-10,15,18-24,26H2,1-5H3/p+1. The van der Waals surface area contributed by atoms with Gasteiger partial charge in [0.05, 0.1) is 19.7 Å². The van der Waals surface area contributed by atoms with E-state index in [-0.39, 0.29) is 10.4 Å². The first-order chi connectivity index (χ1) is 22.4. The summed E-state index contributed by atoms with van der Waals surface area (Å²) in [6.07, 6.45) is 1.48. The molecular weight excluding hydrogens is 594 g/mol. The summed E-state index contributed by atoms with van der Waals surface area (Å²) in [7, 11) is 0. The van der Waals surface area contributed by atoms with Crippen molar-refractivity contribution in [2.45, 2.75) is 72.4 Å². The number of ether oxygens (including phenoxy) is 2. The lowest BCUT2D eigenvalue weighted by Crippen LogP contribution is -2.62. The van der Waals surface area contributed by atoms with Crippen molar-refractivity contribution in [1.82, 2.24) is 4.90 Å². The first-order valence-electron chi connectivity index (χ1n) is 16.6. The number of fused-ring (bicyclic) bond motifs is 1. The molecule has 2 aliphatic heterocycles. The molecule has 5 rings (SSSR count). The van der Waals surface area contributed by atoms with Crippen LogP contribution in [0, 0.1) is 13.8 Å². The highest BCUT2D eigenvalue weighted by Crippen LogP contribution is 2.36. The monoisotopic (exact) mass is 642 g/mol. The molecule has 2 aliphatic rings. The fourth-order valence-corrected chi connectivity index (χ4v) is 6.54. The summed E-state index contributed by atoms with van der Waals surface area (Å²) in [5.74, 6) is 0.965. The molecule has 47 heavy (non-hydrogen) atoms.